The molecule has 0 saturated carbocycles. The van der Waals surface area contributed by atoms with Gasteiger partial charge in [0.05, 0.1) is 17.9 Å². The van der Waals surface area contributed by atoms with Gasteiger partial charge in [-0.05, 0) is 45.6 Å². The lowest BCUT2D eigenvalue weighted by molar-refractivity contribution is -0.157. The van der Waals surface area contributed by atoms with Crippen molar-refractivity contribution in [3.8, 4) is 0 Å². The van der Waals surface area contributed by atoms with E-state index >= 15 is 0 Å². The van der Waals surface area contributed by atoms with Crippen LogP contribution in [0.3, 0.4) is 0 Å². The Labute approximate surface area is 109 Å². The Kier molecular flexibility index (Phi) is 4.43. The summed E-state index contributed by atoms with van der Waals surface area (Å²) in [7, 11) is -2.94. The van der Waals surface area contributed by atoms with Crippen LogP contribution in [0.15, 0.2) is 0 Å². The molecule has 0 spiro atoms. The Balaban J connectivity index is 2.65. The number of ether oxygens (including phenoxy) is 1. The van der Waals surface area contributed by atoms with Gasteiger partial charge in [0.25, 0.3) is 0 Å². The van der Waals surface area contributed by atoms with E-state index < -0.39 is 20.9 Å². The number of nitrogens with two attached hydrogens (primary N) is 1. The van der Waals surface area contributed by atoms with Gasteiger partial charge in [0.2, 0.25) is 0 Å². The number of hydrogen-bond donors (Lipinski definition) is 1. The third-order valence-electron chi connectivity index (χ3n) is 3.26. The average Bonchev–Trinajstić information content (AvgIpc) is 2.19. The zero-order chi connectivity index (χ0) is 14.0. The second-order valence-electron chi connectivity index (χ2n) is 6.12. The van der Waals surface area contributed by atoms with Crippen molar-refractivity contribution in [1.82, 2.24) is 0 Å². The SMILES string of the molecule is CC(C)(C)OC(=O)CC1(CN)CCS(=O)(=O)CC1. The van der Waals surface area contributed by atoms with Crippen molar-refractivity contribution < 1.29 is 17.9 Å². The fourth-order valence-electron chi connectivity index (χ4n) is 2.11. The van der Waals surface area contributed by atoms with Crippen LogP contribution in [0.4, 0.5) is 0 Å². The molecule has 0 unspecified atom stereocenters. The molecule has 0 aromatic carbocycles. The Morgan fingerprint density at radius 2 is 1.78 bits per heavy atom. The van der Waals surface area contributed by atoms with E-state index in [0.29, 0.717) is 19.4 Å². The van der Waals surface area contributed by atoms with Crippen molar-refractivity contribution in [2.45, 2.75) is 45.6 Å². The van der Waals surface area contributed by atoms with Crippen LogP contribution in [-0.2, 0) is 19.4 Å². The van der Waals surface area contributed by atoms with Crippen molar-refractivity contribution >= 4 is 15.8 Å². The zero-order valence-corrected chi connectivity index (χ0v) is 12.2. The zero-order valence-electron chi connectivity index (χ0n) is 11.4. The van der Waals surface area contributed by atoms with Gasteiger partial charge in [-0.3, -0.25) is 4.79 Å². The summed E-state index contributed by atoms with van der Waals surface area (Å²) in [5.74, 6) is -0.0627. The summed E-state index contributed by atoms with van der Waals surface area (Å²) >= 11 is 0. The Hall–Kier alpha value is -0.620. The van der Waals surface area contributed by atoms with Gasteiger partial charge < -0.3 is 10.5 Å². The maximum absolute atomic E-state index is 11.8. The molecule has 0 bridgehead atoms. The van der Waals surface area contributed by atoms with Crippen LogP contribution >= 0.6 is 0 Å². The molecule has 1 aliphatic rings. The molecular weight excluding hydrogens is 254 g/mol. The summed E-state index contributed by atoms with van der Waals surface area (Å²) in [6, 6.07) is 0. The van der Waals surface area contributed by atoms with E-state index in [1.165, 1.54) is 0 Å². The summed E-state index contributed by atoms with van der Waals surface area (Å²) in [6.45, 7) is 5.75. The van der Waals surface area contributed by atoms with Gasteiger partial charge in [0.1, 0.15) is 15.4 Å². The Morgan fingerprint density at radius 1 is 1.28 bits per heavy atom. The van der Waals surface area contributed by atoms with E-state index in [2.05, 4.69) is 0 Å². The molecular formula is C12H23NO4S. The van der Waals surface area contributed by atoms with Crippen molar-refractivity contribution in [1.29, 1.82) is 0 Å². The van der Waals surface area contributed by atoms with E-state index in [1.807, 2.05) is 20.8 Å². The number of hydrogen-bond acceptors (Lipinski definition) is 5. The molecule has 1 rings (SSSR count). The predicted octanol–water partition coefficient (Wildman–Crippen LogP) is 0.872. The Morgan fingerprint density at radius 3 is 2.17 bits per heavy atom. The highest BCUT2D eigenvalue weighted by molar-refractivity contribution is 7.91. The molecule has 18 heavy (non-hydrogen) atoms. The monoisotopic (exact) mass is 277 g/mol. The van der Waals surface area contributed by atoms with Gasteiger partial charge in [0, 0.05) is 0 Å². The lowest BCUT2D eigenvalue weighted by Gasteiger charge is -2.35. The van der Waals surface area contributed by atoms with Gasteiger partial charge in [-0.15, -0.1) is 0 Å². The van der Waals surface area contributed by atoms with Crippen LogP contribution in [-0.4, -0.2) is 38.0 Å². The normalized spacial score (nSPS) is 22.4. The quantitative estimate of drug-likeness (QED) is 0.774. The molecule has 1 fully saturated rings. The van der Waals surface area contributed by atoms with Gasteiger partial charge in [-0.25, -0.2) is 8.42 Å². The molecule has 0 aliphatic carbocycles. The molecule has 106 valence electrons. The maximum Gasteiger partial charge on any atom is 0.306 e. The third-order valence-corrected chi connectivity index (χ3v) is 4.91. The van der Waals surface area contributed by atoms with E-state index in [1.54, 1.807) is 0 Å². The summed E-state index contributed by atoms with van der Waals surface area (Å²) in [4.78, 5) is 11.8. The lowest BCUT2D eigenvalue weighted by Crippen LogP contribution is -2.41. The number of sulfone groups is 1. The molecule has 0 aromatic rings. The topological polar surface area (TPSA) is 86.5 Å². The molecule has 2 N–H and O–H groups in total. The average molecular weight is 277 g/mol. The lowest BCUT2D eigenvalue weighted by atomic mass is 9.79. The highest BCUT2D eigenvalue weighted by Gasteiger charge is 2.39. The van der Waals surface area contributed by atoms with Crippen LogP contribution in [0.1, 0.15) is 40.0 Å². The van der Waals surface area contributed by atoms with Crippen LogP contribution in [0.25, 0.3) is 0 Å². The maximum atomic E-state index is 11.8. The first kappa shape index (κ1) is 15.4. The van der Waals surface area contributed by atoms with Gasteiger partial charge >= 0.3 is 5.97 Å². The number of esters is 1. The molecule has 0 radical (unpaired) electrons. The van der Waals surface area contributed by atoms with E-state index in [-0.39, 0.29) is 23.9 Å². The van der Waals surface area contributed by atoms with Crippen LogP contribution in [0.2, 0.25) is 0 Å². The molecule has 6 heteroatoms. The number of rotatable bonds is 3. The minimum Gasteiger partial charge on any atom is -0.460 e. The fraction of sp³-hybridized carbons (Fsp3) is 0.917. The molecule has 0 atom stereocenters. The second-order valence-corrected chi connectivity index (χ2v) is 8.42. The Bertz CT molecular complexity index is 394. The number of carbonyl (C=O) groups is 1. The van der Waals surface area contributed by atoms with Gasteiger partial charge in [0.15, 0.2) is 0 Å². The summed E-state index contributed by atoms with van der Waals surface area (Å²) in [6.07, 6.45) is 1.10. The highest BCUT2D eigenvalue weighted by Crippen LogP contribution is 2.35. The van der Waals surface area contributed by atoms with Crippen molar-refractivity contribution in [2.75, 3.05) is 18.1 Å². The molecule has 0 aromatic heterocycles. The van der Waals surface area contributed by atoms with Crippen LogP contribution in [0, 0.1) is 5.41 Å². The minimum absolute atomic E-state index is 0.118. The summed E-state index contributed by atoms with van der Waals surface area (Å²) in [5, 5.41) is 0. The predicted molar refractivity (Wildman–Crippen MR) is 69.8 cm³/mol. The summed E-state index contributed by atoms with van der Waals surface area (Å²) in [5.41, 5.74) is 4.81. The minimum atomic E-state index is -2.94. The van der Waals surface area contributed by atoms with Gasteiger partial charge in [-0.1, -0.05) is 0 Å². The van der Waals surface area contributed by atoms with Crippen molar-refractivity contribution in [3.63, 3.8) is 0 Å². The first-order valence-corrected chi connectivity index (χ1v) is 8.02. The van der Waals surface area contributed by atoms with Crippen LogP contribution < -0.4 is 5.73 Å². The van der Waals surface area contributed by atoms with Crippen molar-refractivity contribution in [2.24, 2.45) is 11.1 Å². The number of carbonyl (C=O) groups excluding carboxylic acids is 1. The molecule has 1 heterocycles. The van der Waals surface area contributed by atoms with Gasteiger partial charge in [-0.2, -0.15) is 0 Å². The van der Waals surface area contributed by atoms with Crippen LogP contribution in [0.5, 0.6) is 0 Å². The highest BCUT2D eigenvalue weighted by atomic mass is 32.2. The molecule has 1 saturated heterocycles. The molecule has 0 amide bonds. The van der Waals surface area contributed by atoms with Crippen molar-refractivity contribution in [3.05, 3.63) is 0 Å². The fourth-order valence-corrected chi connectivity index (χ4v) is 3.80. The summed E-state index contributed by atoms with van der Waals surface area (Å²) < 4.78 is 28.1. The smallest absolute Gasteiger partial charge is 0.306 e. The second kappa shape index (κ2) is 5.17. The van der Waals surface area contributed by atoms with E-state index in [4.69, 9.17) is 10.5 Å². The molecule has 5 nitrogen and oxygen atoms in total. The first-order chi connectivity index (χ1) is 8.08. The standard InChI is InChI=1S/C12H23NO4S/c1-11(2,3)17-10(14)8-12(9-13)4-6-18(15,16)7-5-12/h4-9,13H2,1-3H3. The van der Waals surface area contributed by atoms with E-state index in [9.17, 15) is 13.2 Å². The molecule has 1 aliphatic heterocycles. The first-order valence-electron chi connectivity index (χ1n) is 6.20. The largest absolute Gasteiger partial charge is 0.460 e. The van der Waals surface area contributed by atoms with E-state index in [0.717, 1.165) is 0 Å². The third kappa shape index (κ3) is 4.57.